The Balaban J connectivity index is 1.82. The first-order valence-corrected chi connectivity index (χ1v) is 6.63. The number of piperazine rings is 1. The molecule has 2 aromatic rings. The molecule has 0 N–H and O–H groups in total. The minimum atomic E-state index is 0.731. The van der Waals surface area contributed by atoms with Crippen LogP contribution in [0.1, 0.15) is 5.69 Å². The zero-order chi connectivity index (χ0) is 12.5. The standard InChI is InChI=1S/C13H17ClN4/c1-16-5-7-17(8-6-16)10-11-9-15-13-4-2-3-12(14)18(11)13/h2-4,9H,5-8,10H2,1H3. The van der Waals surface area contributed by atoms with E-state index < -0.39 is 0 Å². The maximum atomic E-state index is 6.24. The van der Waals surface area contributed by atoms with Crippen molar-refractivity contribution in [2.75, 3.05) is 33.2 Å². The van der Waals surface area contributed by atoms with E-state index in [1.54, 1.807) is 0 Å². The number of imidazole rings is 1. The van der Waals surface area contributed by atoms with Gasteiger partial charge in [-0.1, -0.05) is 17.7 Å². The summed E-state index contributed by atoms with van der Waals surface area (Å²) in [5, 5.41) is 0.731. The zero-order valence-electron chi connectivity index (χ0n) is 10.5. The third-order valence-corrected chi connectivity index (χ3v) is 3.83. The molecule has 3 heterocycles. The Bertz CT molecular complexity index is 543. The largest absolute Gasteiger partial charge is 0.304 e. The Hall–Kier alpha value is -1.10. The van der Waals surface area contributed by atoms with Gasteiger partial charge in [0.15, 0.2) is 0 Å². The molecule has 0 aliphatic carbocycles. The Morgan fingerprint density at radius 2 is 2.00 bits per heavy atom. The second-order valence-corrected chi connectivity index (χ2v) is 5.26. The van der Waals surface area contributed by atoms with Crippen molar-refractivity contribution in [1.29, 1.82) is 0 Å². The predicted octanol–water partition coefficient (Wildman–Crippen LogP) is 1.74. The van der Waals surface area contributed by atoms with E-state index in [0.29, 0.717) is 0 Å². The van der Waals surface area contributed by atoms with Crippen LogP contribution in [0.25, 0.3) is 5.65 Å². The Morgan fingerprint density at radius 3 is 2.78 bits per heavy atom. The summed E-state index contributed by atoms with van der Waals surface area (Å²) in [6.45, 7) is 5.38. The summed E-state index contributed by atoms with van der Waals surface area (Å²) >= 11 is 6.24. The fourth-order valence-electron chi connectivity index (χ4n) is 2.40. The average Bonchev–Trinajstić information content (AvgIpc) is 2.77. The summed E-state index contributed by atoms with van der Waals surface area (Å²) in [7, 11) is 2.17. The Labute approximate surface area is 112 Å². The van der Waals surface area contributed by atoms with Gasteiger partial charge in [0, 0.05) is 32.7 Å². The Morgan fingerprint density at radius 1 is 1.22 bits per heavy atom. The third kappa shape index (κ3) is 2.23. The van der Waals surface area contributed by atoms with Gasteiger partial charge in [-0.05, 0) is 19.2 Å². The summed E-state index contributed by atoms with van der Waals surface area (Å²) < 4.78 is 2.03. The predicted molar refractivity (Wildman–Crippen MR) is 73.0 cm³/mol. The summed E-state index contributed by atoms with van der Waals surface area (Å²) in [5.74, 6) is 0. The van der Waals surface area contributed by atoms with Gasteiger partial charge in [0.05, 0.1) is 11.9 Å². The van der Waals surface area contributed by atoms with Crippen molar-refractivity contribution in [3.05, 3.63) is 35.2 Å². The first-order chi connectivity index (χ1) is 8.74. The number of pyridine rings is 1. The molecule has 1 aliphatic heterocycles. The van der Waals surface area contributed by atoms with E-state index in [4.69, 9.17) is 11.6 Å². The summed E-state index contributed by atoms with van der Waals surface area (Å²) in [6.07, 6.45) is 1.93. The second kappa shape index (κ2) is 4.88. The topological polar surface area (TPSA) is 23.8 Å². The minimum Gasteiger partial charge on any atom is -0.304 e. The second-order valence-electron chi connectivity index (χ2n) is 4.87. The van der Waals surface area contributed by atoms with Crippen LogP contribution < -0.4 is 0 Å². The molecule has 1 saturated heterocycles. The highest BCUT2D eigenvalue weighted by Gasteiger charge is 2.16. The zero-order valence-corrected chi connectivity index (χ0v) is 11.3. The van der Waals surface area contributed by atoms with Gasteiger partial charge in [0.25, 0.3) is 0 Å². The number of likely N-dealkylation sites (N-methyl/N-ethyl adjacent to an activating group) is 1. The molecule has 0 saturated carbocycles. The normalized spacial score (nSPS) is 18.6. The number of hydrogen-bond acceptors (Lipinski definition) is 3. The SMILES string of the molecule is CN1CCN(Cc2cnc3cccc(Cl)n23)CC1. The van der Waals surface area contributed by atoms with Crippen LogP contribution in [0.5, 0.6) is 0 Å². The van der Waals surface area contributed by atoms with Gasteiger partial charge in [-0.15, -0.1) is 0 Å². The summed E-state index contributed by atoms with van der Waals surface area (Å²) in [4.78, 5) is 9.21. The molecule has 3 rings (SSSR count). The molecule has 5 heteroatoms. The van der Waals surface area contributed by atoms with Crippen LogP contribution in [-0.4, -0.2) is 52.4 Å². The molecule has 96 valence electrons. The number of nitrogens with zero attached hydrogens (tertiary/aromatic N) is 4. The molecule has 1 aliphatic rings. The van der Waals surface area contributed by atoms with Gasteiger partial charge >= 0.3 is 0 Å². The maximum Gasteiger partial charge on any atom is 0.138 e. The summed E-state index contributed by atoms with van der Waals surface area (Å²) in [6, 6.07) is 5.83. The van der Waals surface area contributed by atoms with Crippen LogP contribution in [0.15, 0.2) is 24.4 Å². The lowest BCUT2D eigenvalue weighted by molar-refractivity contribution is 0.146. The van der Waals surface area contributed by atoms with Crippen LogP contribution >= 0.6 is 11.6 Å². The van der Waals surface area contributed by atoms with E-state index >= 15 is 0 Å². The van der Waals surface area contributed by atoms with Gasteiger partial charge in [0.2, 0.25) is 0 Å². The quantitative estimate of drug-likeness (QED) is 0.772. The van der Waals surface area contributed by atoms with Crippen LogP contribution in [0.2, 0.25) is 5.15 Å². The fraction of sp³-hybridized carbons (Fsp3) is 0.462. The monoisotopic (exact) mass is 264 g/mol. The smallest absolute Gasteiger partial charge is 0.138 e. The van der Waals surface area contributed by atoms with E-state index in [0.717, 1.165) is 43.5 Å². The van der Waals surface area contributed by atoms with E-state index in [2.05, 4.69) is 21.8 Å². The molecule has 18 heavy (non-hydrogen) atoms. The number of fused-ring (bicyclic) bond motifs is 1. The average molecular weight is 265 g/mol. The van der Waals surface area contributed by atoms with Crippen LogP contribution in [0.4, 0.5) is 0 Å². The van der Waals surface area contributed by atoms with Crippen molar-refractivity contribution >= 4 is 17.2 Å². The molecule has 0 amide bonds. The van der Waals surface area contributed by atoms with Gasteiger partial charge in [0.1, 0.15) is 10.8 Å². The minimum absolute atomic E-state index is 0.731. The van der Waals surface area contributed by atoms with Crippen molar-refractivity contribution in [3.8, 4) is 0 Å². The molecule has 0 radical (unpaired) electrons. The number of aromatic nitrogens is 2. The molecule has 0 bridgehead atoms. The molecule has 0 unspecified atom stereocenters. The maximum absolute atomic E-state index is 6.24. The summed E-state index contributed by atoms with van der Waals surface area (Å²) in [5.41, 5.74) is 2.09. The van der Waals surface area contributed by atoms with Gasteiger partial charge in [-0.3, -0.25) is 9.30 Å². The lowest BCUT2D eigenvalue weighted by atomic mass is 10.3. The van der Waals surface area contributed by atoms with E-state index in [1.807, 2.05) is 28.8 Å². The Kier molecular flexibility index (Phi) is 3.24. The van der Waals surface area contributed by atoms with Crippen molar-refractivity contribution in [2.24, 2.45) is 0 Å². The lowest BCUT2D eigenvalue weighted by Crippen LogP contribution is -2.44. The molecule has 0 spiro atoms. The first-order valence-electron chi connectivity index (χ1n) is 6.26. The highest BCUT2D eigenvalue weighted by atomic mass is 35.5. The molecule has 1 fully saturated rings. The number of halogens is 1. The van der Waals surface area contributed by atoms with Gasteiger partial charge in [-0.2, -0.15) is 0 Å². The third-order valence-electron chi connectivity index (χ3n) is 3.54. The van der Waals surface area contributed by atoms with Crippen molar-refractivity contribution in [2.45, 2.75) is 6.54 Å². The number of hydrogen-bond donors (Lipinski definition) is 0. The molecule has 4 nitrogen and oxygen atoms in total. The highest BCUT2D eigenvalue weighted by molar-refractivity contribution is 6.29. The highest BCUT2D eigenvalue weighted by Crippen LogP contribution is 2.17. The van der Waals surface area contributed by atoms with E-state index in [-0.39, 0.29) is 0 Å². The number of rotatable bonds is 2. The van der Waals surface area contributed by atoms with Crippen molar-refractivity contribution < 1.29 is 0 Å². The van der Waals surface area contributed by atoms with Gasteiger partial charge < -0.3 is 4.90 Å². The molecule has 0 atom stereocenters. The van der Waals surface area contributed by atoms with E-state index in [9.17, 15) is 0 Å². The van der Waals surface area contributed by atoms with E-state index in [1.165, 1.54) is 5.69 Å². The van der Waals surface area contributed by atoms with Crippen LogP contribution in [-0.2, 0) is 6.54 Å². The van der Waals surface area contributed by atoms with Crippen LogP contribution in [0.3, 0.4) is 0 Å². The lowest BCUT2D eigenvalue weighted by Gasteiger charge is -2.32. The van der Waals surface area contributed by atoms with Gasteiger partial charge in [-0.25, -0.2) is 4.98 Å². The molecule has 0 aromatic carbocycles. The molecule has 2 aromatic heterocycles. The fourth-order valence-corrected chi connectivity index (χ4v) is 2.67. The van der Waals surface area contributed by atoms with Crippen molar-refractivity contribution in [1.82, 2.24) is 19.2 Å². The van der Waals surface area contributed by atoms with Crippen LogP contribution in [0, 0.1) is 0 Å². The van der Waals surface area contributed by atoms with Crippen molar-refractivity contribution in [3.63, 3.8) is 0 Å². The first kappa shape index (κ1) is 12.0. The molecular formula is C13H17ClN4. The molecular weight excluding hydrogens is 248 g/mol.